The zero-order valence-corrected chi connectivity index (χ0v) is 17.9. The molecular weight excluding hydrogens is 459 g/mol. The molecule has 1 aliphatic heterocycles. The second kappa shape index (κ2) is 8.47. The lowest BCUT2D eigenvalue weighted by Gasteiger charge is -2.24. The Labute approximate surface area is 190 Å². The summed E-state index contributed by atoms with van der Waals surface area (Å²) in [6.07, 6.45) is -2.39. The second-order valence-corrected chi connectivity index (χ2v) is 7.80. The van der Waals surface area contributed by atoms with Crippen molar-refractivity contribution in [3.8, 4) is 11.1 Å². The Morgan fingerprint density at radius 1 is 1.15 bits per heavy atom. The van der Waals surface area contributed by atoms with Crippen LogP contribution in [0, 0.1) is 18.7 Å². The van der Waals surface area contributed by atoms with Gasteiger partial charge in [-0.2, -0.15) is 17.6 Å². The minimum absolute atomic E-state index is 0.00979. The SMILES string of the molecule is Cc1cc2c(c(F)n1)-c1cncc(F)c1C(C)C(=O)N2CC(=O)Nc1ccc(C(F)(F)F)cc1. The number of alkyl halides is 3. The fourth-order valence-electron chi connectivity index (χ4n) is 3.89. The van der Waals surface area contributed by atoms with Crippen LogP contribution in [0.5, 0.6) is 0 Å². The fraction of sp³-hybridized carbons (Fsp3) is 0.217. The normalized spacial score (nSPS) is 15.4. The molecule has 34 heavy (non-hydrogen) atoms. The number of pyridine rings is 2. The van der Waals surface area contributed by atoms with Crippen LogP contribution in [0.1, 0.15) is 29.7 Å². The van der Waals surface area contributed by atoms with Gasteiger partial charge in [0.1, 0.15) is 12.4 Å². The van der Waals surface area contributed by atoms with Crippen molar-refractivity contribution in [1.29, 1.82) is 0 Å². The molecule has 0 saturated carbocycles. The van der Waals surface area contributed by atoms with Crippen LogP contribution in [0.3, 0.4) is 0 Å². The number of hydrogen-bond donors (Lipinski definition) is 1. The summed E-state index contributed by atoms with van der Waals surface area (Å²) in [4.78, 5) is 34.6. The average Bonchev–Trinajstić information content (AvgIpc) is 2.83. The fourth-order valence-corrected chi connectivity index (χ4v) is 3.89. The third-order valence-corrected chi connectivity index (χ3v) is 5.45. The lowest BCUT2D eigenvalue weighted by atomic mass is 9.94. The van der Waals surface area contributed by atoms with Gasteiger partial charge in [0.25, 0.3) is 0 Å². The molecule has 0 radical (unpaired) electrons. The Bertz CT molecular complexity index is 1290. The molecule has 11 heteroatoms. The number of carbonyl (C=O) groups is 2. The number of aryl methyl sites for hydroxylation is 1. The van der Waals surface area contributed by atoms with Gasteiger partial charge in [-0.3, -0.25) is 14.6 Å². The Hall–Kier alpha value is -3.89. The molecule has 0 bridgehead atoms. The van der Waals surface area contributed by atoms with Crippen molar-refractivity contribution in [3.05, 3.63) is 71.3 Å². The molecular formula is C23H17F5N4O2. The third kappa shape index (κ3) is 4.20. The van der Waals surface area contributed by atoms with Crippen molar-refractivity contribution < 1.29 is 31.5 Å². The van der Waals surface area contributed by atoms with E-state index in [0.29, 0.717) is 0 Å². The maximum atomic E-state index is 15.0. The summed E-state index contributed by atoms with van der Waals surface area (Å²) in [6, 6.07) is 5.16. The van der Waals surface area contributed by atoms with Crippen molar-refractivity contribution in [2.24, 2.45) is 0 Å². The van der Waals surface area contributed by atoms with Crippen LogP contribution in [-0.2, 0) is 15.8 Å². The number of carbonyl (C=O) groups excluding carboxylic acids is 2. The zero-order valence-electron chi connectivity index (χ0n) is 17.9. The summed E-state index contributed by atoms with van der Waals surface area (Å²) in [5.74, 6) is -4.26. The Balaban J connectivity index is 1.71. The molecule has 4 rings (SSSR count). The maximum absolute atomic E-state index is 15.0. The van der Waals surface area contributed by atoms with Gasteiger partial charge in [0.15, 0.2) is 0 Å². The van der Waals surface area contributed by atoms with Gasteiger partial charge in [-0.1, -0.05) is 0 Å². The lowest BCUT2D eigenvalue weighted by molar-refractivity contribution is -0.137. The minimum atomic E-state index is -4.53. The minimum Gasteiger partial charge on any atom is -0.325 e. The first-order valence-electron chi connectivity index (χ1n) is 10.1. The van der Waals surface area contributed by atoms with E-state index < -0.39 is 47.8 Å². The summed E-state index contributed by atoms with van der Waals surface area (Å²) in [5.41, 5.74) is -0.782. The summed E-state index contributed by atoms with van der Waals surface area (Å²) in [6.45, 7) is 2.32. The number of rotatable bonds is 3. The van der Waals surface area contributed by atoms with Gasteiger partial charge in [-0.25, -0.2) is 9.37 Å². The molecule has 1 aliphatic rings. The molecule has 0 saturated heterocycles. The van der Waals surface area contributed by atoms with Gasteiger partial charge in [-0.05, 0) is 44.2 Å². The van der Waals surface area contributed by atoms with Crippen molar-refractivity contribution in [3.63, 3.8) is 0 Å². The van der Waals surface area contributed by atoms with E-state index in [1.54, 1.807) is 0 Å². The van der Waals surface area contributed by atoms with Crippen molar-refractivity contribution >= 4 is 23.2 Å². The van der Waals surface area contributed by atoms with Gasteiger partial charge < -0.3 is 10.2 Å². The highest BCUT2D eigenvalue weighted by atomic mass is 19.4. The van der Waals surface area contributed by atoms with E-state index in [-0.39, 0.29) is 33.8 Å². The molecule has 0 aliphatic carbocycles. The molecule has 3 aromatic rings. The smallest absolute Gasteiger partial charge is 0.325 e. The van der Waals surface area contributed by atoms with Gasteiger partial charge in [0.2, 0.25) is 17.8 Å². The molecule has 1 N–H and O–H groups in total. The van der Waals surface area contributed by atoms with Crippen LogP contribution in [-0.4, -0.2) is 28.3 Å². The first kappa shape index (κ1) is 23.3. The number of nitrogens with zero attached hydrogens (tertiary/aromatic N) is 3. The van der Waals surface area contributed by atoms with Crippen LogP contribution in [0.15, 0.2) is 42.7 Å². The molecule has 2 aromatic heterocycles. The second-order valence-electron chi connectivity index (χ2n) is 7.80. The molecule has 1 atom stereocenters. The summed E-state index contributed by atoms with van der Waals surface area (Å²) >= 11 is 0. The predicted octanol–water partition coefficient (Wildman–Crippen LogP) is 4.84. The van der Waals surface area contributed by atoms with Crippen LogP contribution < -0.4 is 10.2 Å². The van der Waals surface area contributed by atoms with Crippen molar-refractivity contribution in [2.45, 2.75) is 25.9 Å². The number of hydrogen-bond acceptors (Lipinski definition) is 4. The summed E-state index contributed by atoms with van der Waals surface area (Å²) < 4.78 is 67.9. The highest BCUT2D eigenvalue weighted by Crippen LogP contribution is 2.42. The average molecular weight is 476 g/mol. The lowest BCUT2D eigenvalue weighted by Crippen LogP contribution is -2.40. The van der Waals surface area contributed by atoms with Crippen LogP contribution in [0.2, 0.25) is 0 Å². The number of halogens is 5. The maximum Gasteiger partial charge on any atom is 0.416 e. The number of aromatic nitrogens is 2. The van der Waals surface area contributed by atoms with Gasteiger partial charge in [0, 0.05) is 28.7 Å². The molecule has 2 amide bonds. The number of nitrogens with one attached hydrogen (secondary N) is 1. The standard InChI is InChI=1S/C23H17F5N4O2/c1-11-7-17-20(21(25)30-11)15-8-29-9-16(24)19(15)12(2)22(34)32(17)10-18(33)31-14-5-3-13(4-6-14)23(26,27)28/h3-9,12H,10H2,1-2H3,(H,31,33). The molecule has 3 heterocycles. The highest BCUT2D eigenvalue weighted by Gasteiger charge is 2.36. The molecule has 1 aromatic carbocycles. The topological polar surface area (TPSA) is 75.2 Å². The van der Waals surface area contributed by atoms with Crippen LogP contribution >= 0.6 is 0 Å². The van der Waals surface area contributed by atoms with Gasteiger partial charge in [0.05, 0.1) is 28.9 Å². The Kier molecular flexibility index (Phi) is 5.80. The molecule has 0 fully saturated rings. The van der Waals surface area contributed by atoms with Crippen LogP contribution in [0.4, 0.5) is 33.3 Å². The van der Waals surface area contributed by atoms with Gasteiger partial charge in [-0.15, -0.1) is 0 Å². The van der Waals surface area contributed by atoms with E-state index in [1.165, 1.54) is 26.1 Å². The van der Waals surface area contributed by atoms with E-state index in [4.69, 9.17) is 0 Å². The number of fused-ring (bicyclic) bond motifs is 3. The number of anilines is 2. The first-order chi connectivity index (χ1) is 16.0. The molecule has 0 spiro atoms. The van der Waals surface area contributed by atoms with Gasteiger partial charge >= 0.3 is 6.18 Å². The molecule has 176 valence electrons. The first-order valence-corrected chi connectivity index (χ1v) is 10.1. The van der Waals surface area contributed by atoms with Crippen molar-refractivity contribution in [1.82, 2.24) is 9.97 Å². The highest BCUT2D eigenvalue weighted by molar-refractivity contribution is 6.09. The number of amides is 2. The van der Waals surface area contributed by atoms with E-state index in [2.05, 4.69) is 15.3 Å². The molecule has 1 unspecified atom stereocenters. The van der Waals surface area contributed by atoms with Crippen LogP contribution in [0.25, 0.3) is 11.1 Å². The predicted molar refractivity (Wildman–Crippen MR) is 113 cm³/mol. The number of benzene rings is 1. The van der Waals surface area contributed by atoms with Crippen molar-refractivity contribution in [2.75, 3.05) is 16.8 Å². The third-order valence-electron chi connectivity index (χ3n) is 5.45. The summed E-state index contributed by atoms with van der Waals surface area (Å²) in [5, 5.41) is 2.42. The van der Waals surface area contributed by atoms with E-state index in [9.17, 15) is 31.5 Å². The Morgan fingerprint density at radius 2 is 1.82 bits per heavy atom. The van der Waals surface area contributed by atoms with E-state index in [0.717, 1.165) is 35.4 Å². The quantitative estimate of drug-likeness (QED) is 0.434. The Morgan fingerprint density at radius 3 is 2.47 bits per heavy atom. The zero-order chi connectivity index (χ0) is 24.8. The monoisotopic (exact) mass is 476 g/mol. The van der Waals surface area contributed by atoms with E-state index >= 15 is 0 Å². The molecule has 6 nitrogen and oxygen atoms in total. The van der Waals surface area contributed by atoms with E-state index in [1.807, 2.05) is 0 Å². The largest absolute Gasteiger partial charge is 0.416 e. The summed E-state index contributed by atoms with van der Waals surface area (Å²) in [7, 11) is 0.